The Kier molecular flexibility index (Phi) is 4.03. The molecule has 1 aromatic rings. The Bertz CT molecular complexity index is 632. The molecular formula is C18H18O4. The van der Waals surface area contributed by atoms with Gasteiger partial charge < -0.3 is 4.74 Å². The fourth-order valence-corrected chi connectivity index (χ4v) is 3.32. The van der Waals surface area contributed by atoms with Gasteiger partial charge in [0.15, 0.2) is 11.6 Å². The molecule has 4 heteroatoms. The maximum atomic E-state index is 12.2. The Hall–Kier alpha value is -2.07. The molecule has 1 saturated carbocycles. The third-order valence-electron chi connectivity index (χ3n) is 4.46. The zero-order valence-electron chi connectivity index (χ0n) is 12.4. The molecule has 22 heavy (non-hydrogen) atoms. The van der Waals surface area contributed by atoms with E-state index in [1.165, 1.54) is 12.2 Å². The lowest BCUT2D eigenvalue weighted by Crippen LogP contribution is -2.47. The maximum absolute atomic E-state index is 12.2. The van der Waals surface area contributed by atoms with Crippen LogP contribution in [0.15, 0.2) is 42.5 Å². The molecule has 1 aromatic carbocycles. The summed E-state index contributed by atoms with van der Waals surface area (Å²) in [5.74, 6) is -1.34. The second-order valence-electron chi connectivity index (χ2n) is 5.94. The van der Waals surface area contributed by atoms with Crippen molar-refractivity contribution in [2.24, 2.45) is 11.8 Å². The van der Waals surface area contributed by atoms with Crippen LogP contribution in [-0.2, 0) is 19.1 Å². The number of hydrogen-bond acceptors (Lipinski definition) is 4. The smallest absolute Gasteiger partial charge is 0.162 e. The molecule has 1 fully saturated rings. The van der Waals surface area contributed by atoms with Crippen LogP contribution in [0.2, 0.25) is 0 Å². The van der Waals surface area contributed by atoms with Crippen LogP contribution in [0.3, 0.4) is 0 Å². The lowest BCUT2D eigenvalue weighted by atomic mass is 9.70. The summed E-state index contributed by atoms with van der Waals surface area (Å²) in [6.45, 7) is 1.90. The van der Waals surface area contributed by atoms with E-state index in [4.69, 9.17) is 4.74 Å². The monoisotopic (exact) mass is 298 g/mol. The van der Waals surface area contributed by atoms with Gasteiger partial charge in [0, 0.05) is 18.8 Å². The minimum absolute atomic E-state index is 0.0111. The Balaban J connectivity index is 1.82. The lowest BCUT2D eigenvalue weighted by Gasteiger charge is -2.37. The summed E-state index contributed by atoms with van der Waals surface area (Å²) < 4.78 is 6.01. The highest BCUT2D eigenvalue weighted by atomic mass is 16.5. The van der Waals surface area contributed by atoms with Crippen molar-refractivity contribution in [3.05, 3.63) is 48.0 Å². The van der Waals surface area contributed by atoms with Crippen LogP contribution in [-0.4, -0.2) is 23.5 Å². The van der Waals surface area contributed by atoms with E-state index in [1.807, 2.05) is 37.3 Å². The van der Waals surface area contributed by atoms with Crippen LogP contribution in [0.4, 0.5) is 0 Å². The molecule has 3 rings (SSSR count). The van der Waals surface area contributed by atoms with Crippen molar-refractivity contribution in [2.75, 3.05) is 0 Å². The van der Waals surface area contributed by atoms with Crippen LogP contribution < -0.4 is 0 Å². The Morgan fingerprint density at radius 2 is 1.68 bits per heavy atom. The topological polar surface area (TPSA) is 60.4 Å². The van der Waals surface area contributed by atoms with Gasteiger partial charge in [-0.05, 0) is 24.6 Å². The van der Waals surface area contributed by atoms with E-state index in [-0.39, 0.29) is 36.3 Å². The molecule has 114 valence electrons. The van der Waals surface area contributed by atoms with E-state index in [9.17, 15) is 14.4 Å². The van der Waals surface area contributed by atoms with Crippen LogP contribution in [0, 0.1) is 11.8 Å². The van der Waals surface area contributed by atoms with Gasteiger partial charge in [0.25, 0.3) is 0 Å². The average molecular weight is 298 g/mol. The second-order valence-corrected chi connectivity index (χ2v) is 5.94. The number of carbonyl (C=O) groups excluding carboxylic acids is 3. The molecule has 0 aromatic heterocycles. The molecule has 0 amide bonds. The number of fused-ring (bicyclic) bond motifs is 1. The Labute approximate surface area is 129 Å². The van der Waals surface area contributed by atoms with Crippen LogP contribution >= 0.6 is 0 Å². The fourth-order valence-electron chi connectivity index (χ4n) is 3.32. The fraction of sp³-hybridized carbons (Fsp3) is 0.389. The number of rotatable bonds is 3. The molecule has 0 bridgehead atoms. The van der Waals surface area contributed by atoms with E-state index in [0.29, 0.717) is 0 Å². The second kappa shape index (κ2) is 5.97. The van der Waals surface area contributed by atoms with Crippen molar-refractivity contribution < 1.29 is 19.1 Å². The zero-order chi connectivity index (χ0) is 15.7. The third kappa shape index (κ3) is 2.79. The summed E-state index contributed by atoms with van der Waals surface area (Å²) in [7, 11) is 0. The van der Waals surface area contributed by atoms with Crippen molar-refractivity contribution >= 4 is 17.3 Å². The number of Topliss-reactive ketones (excluding diaryl/α,β-unsaturated/α-hetero) is 1. The molecule has 0 spiro atoms. The van der Waals surface area contributed by atoms with E-state index < -0.39 is 17.9 Å². The predicted molar refractivity (Wildman–Crippen MR) is 80.1 cm³/mol. The third-order valence-corrected chi connectivity index (χ3v) is 4.46. The Morgan fingerprint density at radius 1 is 1.00 bits per heavy atom. The predicted octanol–water partition coefficient (Wildman–Crippen LogP) is 2.44. The molecule has 0 radical (unpaired) electrons. The van der Waals surface area contributed by atoms with Gasteiger partial charge in [-0.15, -0.1) is 0 Å². The minimum atomic E-state index is -0.549. The SMILES string of the molecule is C[C@H](O[C@@H]1CC(=O)C[C@H]2C(=O)C=CC(=O)[C@H]12)c1ccccc1. The molecule has 4 nitrogen and oxygen atoms in total. The molecule has 0 N–H and O–H groups in total. The highest BCUT2D eigenvalue weighted by Crippen LogP contribution is 2.37. The zero-order valence-corrected chi connectivity index (χ0v) is 12.4. The Morgan fingerprint density at radius 3 is 2.41 bits per heavy atom. The quantitative estimate of drug-likeness (QED) is 0.860. The normalized spacial score (nSPS) is 29.3. The van der Waals surface area contributed by atoms with E-state index in [1.54, 1.807) is 0 Å². The van der Waals surface area contributed by atoms with Crippen molar-refractivity contribution in [2.45, 2.75) is 32.0 Å². The summed E-state index contributed by atoms with van der Waals surface area (Å²) in [5.41, 5.74) is 0.988. The molecule has 2 aliphatic carbocycles. The van der Waals surface area contributed by atoms with Gasteiger partial charge in [0.1, 0.15) is 5.78 Å². The van der Waals surface area contributed by atoms with Gasteiger partial charge in [-0.2, -0.15) is 0 Å². The molecule has 0 unspecified atom stereocenters. The highest BCUT2D eigenvalue weighted by molar-refractivity contribution is 6.09. The molecule has 0 heterocycles. The number of benzene rings is 1. The van der Waals surface area contributed by atoms with E-state index >= 15 is 0 Å². The summed E-state index contributed by atoms with van der Waals surface area (Å²) in [4.78, 5) is 36.1. The minimum Gasteiger partial charge on any atom is -0.369 e. The number of hydrogen-bond donors (Lipinski definition) is 0. The summed E-state index contributed by atoms with van der Waals surface area (Å²) in [6.07, 6.45) is 2.21. The van der Waals surface area contributed by atoms with Gasteiger partial charge >= 0.3 is 0 Å². The van der Waals surface area contributed by atoms with E-state index in [0.717, 1.165) is 5.56 Å². The first kappa shape index (κ1) is 14.9. The first-order valence-corrected chi connectivity index (χ1v) is 7.54. The lowest BCUT2D eigenvalue weighted by molar-refractivity contribution is -0.149. The molecule has 0 aliphatic heterocycles. The van der Waals surface area contributed by atoms with Gasteiger partial charge in [-0.1, -0.05) is 30.3 Å². The molecule has 4 atom stereocenters. The van der Waals surface area contributed by atoms with Crippen LogP contribution in [0.1, 0.15) is 31.4 Å². The first-order chi connectivity index (χ1) is 10.6. The number of allylic oxidation sites excluding steroid dienone is 2. The van der Waals surface area contributed by atoms with Gasteiger partial charge in [0.2, 0.25) is 0 Å². The van der Waals surface area contributed by atoms with Crippen molar-refractivity contribution in [3.8, 4) is 0 Å². The average Bonchev–Trinajstić information content (AvgIpc) is 2.51. The van der Waals surface area contributed by atoms with E-state index in [2.05, 4.69) is 0 Å². The summed E-state index contributed by atoms with van der Waals surface area (Å²) in [5, 5.41) is 0. The standard InChI is InChI=1S/C18H18O4/c1-11(12-5-3-2-4-6-12)22-17-10-13(19)9-14-15(20)7-8-16(21)18(14)17/h2-8,11,14,17-18H,9-10H2,1H3/t11-,14-,17+,18+/m0/s1. The number of ether oxygens (including phenoxy) is 1. The summed E-state index contributed by atoms with van der Waals surface area (Å²) >= 11 is 0. The van der Waals surface area contributed by atoms with Gasteiger partial charge in [0.05, 0.1) is 18.1 Å². The van der Waals surface area contributed by atoms with Crippen molar-refractivity contribution in [3.63, 3.8) is 0 Å². The number of carbonyl (C=O) groups is 3. The largest absolute Gasteiger partial charge is 0.369 e. The van der Waals surface area contributed by atoms with Crippen LogP contribution in [0.5, 0.6) is 0 Å². The summed E-state index contributed by atoms with van der Waals surface area (Å²) in [6, 6.07) is 9.65. The van der Waals surface area contributed by atoms with Crippen molar-refractivity contribution in [1.29, 1.82) is 0 Å². The van der Waals surface area contributed by atoms with Crippen LogP contribution in [0.25, 0.3) is 0 Å². The van der Waals surface area contributed by atoms with Gasteiger partial charge in [-0.3, -0.25) is 14.4 Å². The first-order valence-electron chi connectivity index (χ1n) is 7.54. The molecule has 0 saturated heterocycles. The van der Waals surface area contributed by atoms with Crippen molar-refractivity contribution in [1.82, 2.24) is 0 Å². The maximum Gasteiger partial charge on any atom is 0.162 e. The number of ketones is 3. The van der Waals surface area contributed by atoms with Gasteiger partial charge in [-0.25, -0.2) is 0 Å². The molecule has 2 aliphatic rings. The molecular weight excluding hydrogens is 280 g/mol. The highest BCUT2D eigenvalue weighted by Gasteiger charge is 2.46.